The number of fused-ring (bicyclic) bond motifs is 1. The third-order valence-electron chi connectivity index (χ3n) is 5.19. The number of benzene rings is 1. The number of rotatable bonds is 4. The molecule has 5 nitrogen and oxygen atoms in total. The van der Waals surface area contributed by atoms with Crippen molar-refractivity contribution in [3.8, 4) is 5.69 Å². The lowest BCUT2D eigenvalue weighted by Gasteiger charge is -2.24. The summed E-state index contributed by atoms with van der Waals surface area (Å²) in [6, 6.07) is 6.18. The van der Waals surface area contributed by atoms with Crippen LogP contribution in [0.25, 0.3) is 5.69 Å². The Bertz CT molecular complexity index is 882. The van der Waals surface area contributed by atoms with Crippen LogP contribution < -0.4 is 4.72 Å². The Morgan fingerprint density at radius 1 is 1.17 bits per heavy atom. The average Bonchev–Trinajstić information content (AvgIpc) is 3.31. The monoisotopic (exact) mass is 345 g/mol. The Morgan fingerprint density at radius 2 is 1.96 bits per heavy atom. The molecular weight excluding hydrogens is 322 g/mol. The molecule has 0 bridgehead atoms. The van der Waals surface area contributed by atoms with Gasteiger partial charge in [-0.15, -0.1) is 0 Å². The van der Waals surface area contributed by atoms with Crippen molar-refractivity contribution in [3.05, 3.63) is 46.8 Å². The number of aromatic nitrogens is 2. The van der Waals surface area contributed by atoms with Gasteiger partial charge in [-0.2, -0.15) is 5.10 Å². The van der Waals surface area contributed by atoms with Gasteiger partial charge in [0.25, 0.3) is 0 Å². The summed E-state index contributed by atoms with van der Waals surface area (Å²) in [7, 11) is -3.18. The van der Waals surface area contributed by atoms with Crippen molar-refractivity contribution in [2.45, 2.75) is 57.2 Å². The summed E-state index contributed by atoms with van der Waals surface area (Å²) < 4.78 is 29.5. The van der Waals surface area contributed by atoms with Crippen molar-refractivity contribution >= 4 is 10.0 Å². The average molecular weight is 345 g/mol. The van der Waals surface area contributed by atoms with Crippen LogP contribution in [0.4, 0.5) is 0 Å². The number of nitrogens with one attached hydrogen (secondary N) is 1. The Labute approximate surface area is 143 Å². The van der Waals surface area contributed by atoms with Crippen LogP contribution >= 0.6 is 0 Å². The number of sulfonamides is 1. The van der Waals surface area contributed by atoms with Crippen molar-refractivity contribution in [1.82, 2.24) is 14.5 Å². The van der Waals surface area contributed by atoms with Gasteiger partial charge in [-0.05, 0) is 69.2 Å². The third kappa shape index (κ3) is 2.78. The van der Waals surface area contributed by atoms with Crippen molar-refractivity contribution < 1.29 is 8.42 Å². The molecule has 0 spiro atoms. The van der Waals surface area contributed by atoms with E-state index >= 15 is 0 Å². The van der Waals surface area contributed by atoms with E-state index in [1.54, 1.807) is 0 Å². The molecule has 128 valence electrons. The van der Waals surface area contributed by atoms with E-state index in [1.807, 2.05) is 10.9 Å². The normalized spacial score (nSPS) is 20.8. The van der Waals surface area contributed by atoms with Crippen LogP contribution in [0.5, 0.6) is 0 Å². The quantitative estimate of drug-likeness (QED) is 0.926. The highest BCUT2D eigenvalue weighted by Crippen LogP contribution is 2.34. The van der Waals surface area contributed by atoms with Gasteiger partial charge in [0.05, 0.1) is 23.2 Å². The van der Waals surface area contributed by atoms with E-state index in [-0.39, 0.29) is 11.3 Å². The summed E-state index contributed by atoms with van der Waals surface area (Å²) in [6.07, 6.45) is 6.17. The van der Waals surface area contributed by atoms with Crippen LogP contribution in [0, 0.1) is 13.8 Å². The third-order valence-corrected chi connectivity index (χ3v) is 7.15. The predicted molar refractivity (Wildman–Crippen MR) is 93.8 cm³/mol. The van der Waals surface area contributed by atoms with Gasteiger partial charge in [0, 0.05) is 11.3 Å². The molecule has 6 heteroatoms. The Balaban J connectivity index is 1.67. The minimum Gasteiger partial charge on any atom is -0.237 e. The highest BCUT2D eigenvalue weighted by Gasteiger charge is 2.38. The summed E-state index contributed by atoms with van der Waals surface area (Å²) in [4.78, 5) is 0. The topological polar surface area (TPSA) is 64.0 Å². The van der Waals surface area contributed by atoms with Crippen LogP contribution in [-0.4, -0.2) is 23.4 Å². The summed E-state index contributed by atoms with van der Waals surface area (Å²) in [5.74, 6) is 0. The van der Waals surface area contributed by atoms with Crippen molar-refractivity contribution in [3.63, 3.8) is 0 Å². The molecule has 1 atom stereocenters. The zero-order valence-corrected chi connectivity index (χ0v) is 14.9. The largest absolute Gasteiger partial charge is 0.237 e. The number of hydrogen-bond donors (Lipinski definition) is 1. The number of aryl methyl sites for hydroxylation is 2. The van der Waals surface area contributed by atoms with Crippen molar-refractivity contribution in [1.29, 1.82) is 0 Å². The summed E-state index contributed by atoms with van der Waals surface area (Å²) >= 11 is 0. The van der Waals surface area contributed by atoms with E-state index in [9.17, 15) is 8.42 Å². The molecule has 0 amide bonds. The predicted octanol–water partition coefficient (Wildman–Crippen LogP) is 2.95. The fourth-order valence-corrected chi connectivity index (χ4v) is 5.02. The van der Waals surface area contributed by atoms with Crippen LogP contribution in [0.1, 0.15) is 54.1 Å². The molecule has 2 aromatic rings. The summed E-state index contributed by atoms with van der Waals surface area (Å²) in [5.41, 5.74) is 5.70. The Kier molecular flexibility index (Phi) is 3.77. The fraction of sp³-hybridized carbons (Fsp3) is 0.500. The maximum Gasteiger partial charge on any atom is 0.215 e. The molecule has 1 saturated carbocycles. The smallest absolute Gasteiger partial charge is 0.215 e. The van der Waals surface area contributed by atoms with Gasteiger partial charge < -0.3 is 0 Å². The Hall–Kier alpha value is -1.66. The van der Waals surface area contributed by atoms with Crippen molar-refractivity contribution in [2.24, 2.45) is 0 Å². The molecule has 0 saturated heterocycles. The maximum atomic E-state index is 12.3. The molecular formula is C18H23N3O2S. The molecule has 1 N–H and O–H groups in total. The lowest BCUT2D eigenvalue weighted by molar-refractivity contribution is 0.501. The molecule has 1 aromatic heterocycles. The summed E-state index contributed by atoms with van der Waals surface area (Å²) in [5, 5.41) is 4.38. The second kappa shape index (κ2) is 5.70. The number of nitrogens with zero attached hydrogens (tertiary/aromatic N) is 2. The zero-order chi connectivity index (χ0) is 16.9. The zero-order valence-electron chi connectivity index (χ0n) is 14.1. The molecule has 0 aliphatic heterocycles. The lowest BCUT2D eigenvalue weighted by Crippen LogP contribution is -2.33. The number of hydrogen-bond acceptors (Lipinski definition) is 3. The van der Waals surface area contributed by atoms with Gasteiger partial charge in [0.2, 0.25) is 10.0 Å². The standard InChI is InChI=1S/C18H23N3O2S/c1-12-6-7-14(10-13(12)2)21-18-5-3-4-17(16(18)11-19-21)20-24(22,23)15-8-9-15/h6-7,10-11,15,17,20H,3-5,8-9H2,1-2H3/t17-/m1/s1. The first kappa shape index (κ1) is 15.8. The lowest BCUT2D eigenvalue weighted by atomic mass is 9.93. The molecule has 1 heterocycles. The molecule has 0 unspecified atom stereocenters. The molecule has 2 aliphatic carbocycles. The second-order valence-electron chi connectivity index (χ2n) is 7.03. The van der Waals surface area contributed by atoms with Gasteiger partial charge >= 0.3 is 0 Å². The van der Waals surface area contributed by atoms with Crippen LogP contribution in [0.15, 0.2) is 24.4 Å². The van der Waals surface area contributed by atoms with Crippen LogP contribution in [-0.2, 0) is 16.4 Å². The second-order valence-corrected chi connectivity index (χ2v) is 9.03. The van der Waals surface area contributed by atoms with E-state index in [4.69, 9.17) is 0 Å². The molecule has 1 aromatic carbocycles. The first-order valence-corrected chi connectivity index (χ1v) is 10.2. The van der Waals surface area contributed by atoms with Gasteiger partial charge in [-0.1, -0.05) is 6.07 Å². The minimum absolute atomic E-state index is 0.139. The Morgan fingerprint density at radius 3 is 2.67 bits per heavy atom. The molecule has 2 aliphatic rings. The van der Waals surface area contributed by atoms with E-state index in [0.717, 1.165) is 49.0 Å². The first-order chi connectivity index (χ1) is 11.5. The molecule has 24 heavy (non-hydrogen) atoms. The SMILES string of the molecule is Cc1ccc(-n2ncc3c2CCC[C@H]3NS(=O)(=O)C2CC2)cc1C. The van der Waals surface area contributed by atoms with Gasteiger partial charge in [-0.25, -0.2) is 17.8 Å². The highest BCUT2D eigenvalue weighted by atomic mass is 32.2. The van der Waals surface area contributed by atoms with E-state index in [2.05, 4.69) is 41.9 Å². The molecule has 4 rings (SSSR count). The van der Waals surface area contributed by atoms with E-state index < -0.39 is 10.0 Å². The van der Waals surface area contributed by atoms with E-state index in [0.29, 0.717) is 0 Å². The van der Waals surface area contributed by atoms with Crippen LogP contribution in [0.2, 0.25) is 0 Å². The van der Waals surface area contributed by atoms with Crippen LogP contribution in [0.3, 0.4) is 0 Å². The van der Waals surface area contributed by atoms with Gasteiger partial charge in [-0.3, -0.25) is 0 Å². The molecule has 1 fully saturated rings. The first-order valence-electron chi connectivity index (χ1n) is 8.61. The molecule has 0 radical (unpaired) electrons. The van der Waals surface area contributed by atoms with E-state index in [1.165, 1.54) is 11.1 Å². The van der Waals surface area contributed by atoms with Gasteiger partial charge in [0.15, 0.2) is 0 Å². The summed E-state index contributed by atoms with van der Waals surface area (Å²) in [6.45, 7) is 4.20. The highest BCUT2D eigenvalue weighted by molar-refractivity contribution is 7.90. The van der Waals surface area contributed by atoms with Gasteiger partial charge in [0.1, 0.15) is 0 Å². The van der Waals surface area contributed by atoms with Crippen molar-refractivity contribution in [2.75, 3.05) is 0 Å². The fourth-order valence-electron chi connectivity index (χ4n) is 3.43. The minimum atomic E-state index is -3.18. The maximum absolute atomic E-state index is 12.3.